The molecule has 0 aliphatic rings. The van der Waals surface area contributed by atoms with Gasteiger partial charge in [-0.2, -0.15) is 0 Å². The highest BCUT2D eigenvalue weighted by Crippen LogP contribution is 2.14. The Balaban J connectivity index is 2.04. The lowest BCUT2D eigenvalue weighted by Crippen LogP contribution is -2.50. The van der Waals surface area contributed by atoms with Crippen molar-refractivity contribution >= 4 is 11.8 Å². The van der Waals surface area contributed by atoms with Gasteiger partial charge >= 0.3 is 0 Å². The highest BCUT2D eigenvalue weighted by molar-refractivity contribution is 5.97. The molecule has 6 nitrogen and oxygen atoms in total. The summed E-state index contributed by atoms with van der Waals surface area (Å²) in [6.07, 6.45) is 3.40. The topological polar surface area (TPSA) is 80.3 Å². The van der Waals surface area contributed by atoms with E-state index >= 15 is 0 Å². The number of pyridine rings is 1. The fourth-order valence-electron chi connectivity index (χ4n) is 2.52. The standard InChI is InChI=1S/C20H25N3O3/c1-13(2)18(20(25)22-14(3)16-6-5-11-21-12-16)23-19(24)15-7-9-17(26-4)10-8-15/h5-14,18H,1-4H3,(H,22,25)(H,23,24). The molecule has 0 aliphatic heterocycles. The van der Waals surface area contributed by atoms with Crippen molar-refractivity contribution in [3.05, 3.63) is 59.9 Å². The Bertz CT molecular complexity index is 730. The van der Waals surface area contributed by atoms with Gasteiger partial charge in [0.1, 0.15) is 11.8 Å². The van der Waals surface area contributed by atoms with Crippen LogP contribution in [0.2, 0.25) is 0 Å². The molecule has 1 aromatic heterocycles. The van der Waals surface area contributed by atoms with Gasteiger partial charge < -0.3 is 15.4 Å². The number of nitrogens with one attached hydrogen (secondary N) is 2. The first-order chi connectivity index (χ1) is 12.4. The summed E-state index contributed by atoms with van der Waals surface area (Å²) >= 11 is 0. The maximum atomic E-state index is 12.7. The number of hydrogen-bond acceptors (Lipinski definition) is 4. The van der Waals surface area contributed by atoms with Gasteiger partial charge in [0.05, 0.1) is 13.2 Å². The van der Waals surface area contributed by atoms with Crippen molar-refractivity contribution in [1.82, 2.24) is 15.6 Å². The van der Waals surface area contributed by atoms with Crippen LogP contribution < -0.4 is 15.4 Å². The molecule has 0 spiro atoms. The molecule has 0 bridgehead atoms. The summed E-state index contributed by atoms with van der Waals surface area (Å²) in [7, 11) is 1.57. The molecule has 1 aromatic carbocycles. The fraction of sp³-hybridized carbons (Fsp3) is 0.350. The second kappa shape index (κ2) is 8.99. The molecule has 138 valence electrons. The van der Waals surface area contributed by atoms with Crippen molar-refractivity contribution in [2.75, 3.05) is 7.11 Å². The Morgan fingerprint density at radius 1 is 1.04 bits per heavy atom. The lowest BCUT2D eigenvalue weighted by molar-refractivity contribution is -0.124. The molecule has 1 heterocycles. The molecular formula is C20H25N3O3. The van der Waals surface area contributed by atoms with Crippen LogP contribution in [-0.4, -0.2) is 29.9 Å². The minimum atomic E-state index is -0.635. The maximum Gasteiger partial charge on any atom is 0.251 e. The van der Waals surface area contributed by atoms with Crippen LogP contribution in [0.1, 0.15) is 42.7 Å². The normalized spacial score (nSPS) is 13.0. The van der Waals surface area contributed by atoms with Gasteiger partial charge in [-0.25, -0.2) is 0 Å². The van der Waals surface area contributed by atoms with E-state index in [1.54, 1.807) is 43.8 Å². The smallest absolute Gasteiger partial charge is 0.251 e. The summed E-state index contributed by atoms with van der Waals surface area (Å²) in [6, 6.07) is 9.65. The number of ether oxygens (including phenoxy) is 1. The highest BCUT2D eigenvalue weighted by atomic mass is 16.5. The third-order valence-electron chi connectivity index (χ3n) is 4.13. The second-order valence-corrected chi connectivity index (χ2v) is 6.44. The maximum absolute atomic E-state index is 12.7. The van der Waals surface area contributed by atoms with Gasteiger partial charge in [-0.15, -0.1) is 0 Å². The Morgan fingerprint density at radius 2 is 1.73 bits per heavy atom. The Labute approximate surface area is 154 Å². The molecule has 2 unspecified atom stereocenters. The van der Waals surface area contributed by atoms with Crippen molar-refractivity contribution < 1.29 is 14.3 Å². The van der Waals surface area contributed by atoms with Crippen molar-refractivity contribution in [3.8, 4) is 5.75 Å². The van der Waals surface area contributed by atoms with Gasteiger partial charge in [-0.3, -0.25) is 14.6 Å². The molecule has 0 aliphatic carbocycles. The fourth-order valence-corrected chi connectivity index (χ4v) is 2.52. The van der Waals surface area contributed by atoms with E-state index in [2.05, 4.69) is 15.6 Å². The van der Waals surface area contributed by atoms with Gasteiger partial charge in [0.25, 0.3) is 5.91 Å². The number of methoxy groups -OCH3 is 1. The number of benzene rings is 1. The molecule has 0 radical (unpaired) electrons. The summed E-state index contributed by atoms with van der Waals surface area (Å²) in [5.41, 5.74) is 1.38. The molecule has 6 heteroatoms. The molecule has 0 saturated heterocycles. The first-order valence-electron chi connectivity index (χ1n) is 8.57. The van der Waals surface area contributed by atoms with Crippen LogP contribution in [0.25, 0.3) is 0 Å². The van der Waals surface area contributed by atoms with E-state index in [1.165, 1.54) is 0 Å². The van der Waals surface area contributed by atoms with Crippen LogP contribution in [-0.2, 0) is 4.79 Å². The molecular weight excluding hydrogens is 330 g/mol. The number of hydrogen-bond donors (Lipinski definition) is 2. The minimum absolute atomic E-state index is 0.0571. The lowest BCUT2D eigenvalue weighted by atomic mass is 10.0. The molecule has 2 amide bonds. The first kappa shape index (κ1) is 19.4. The van der Waals surface area contributed by atoms with Crippen molar-refractivity contribution in [1.29, 1.82) is 0 Å². The summed E-state index contributed by atoms with van der Waals surface area (Å²) in [5.74, 6) is 0.0945. The van der Waals surface area contributed by atoms with Gasteiger partial charge in [-0.05, 0) is 48.7 Å². The molecule has 0 fully saturated rings. The van der Waals surface area contributed by atoms with Gasteiger partial charge in [0.15, 0.2) is 0 Å². The largest absolute Gasteiger partial charge is 0.497 e. The van der Waals surface area contributed by atoms with E-state index in [-0.39, 0.29) is 23.8 Å². The van der Waals surface area contributed by atoms with Crippen molar-refractivity contribution in [2.45, 2.75) is 32.9 Å². The first-order valence-corrected chi connectivity index (χ1v) is 8.57. The van der Waals surface area contributed by atoms with E-state index < -0.39 is 6.04 Å². The third-order valence-corrected chi connectivity index (χ3v) is 4.13. The molecule has 0 saturated carbocycles. The van der Waals surface area contributed by atoms with E-state index in [4.69, 9.17) is 4.74 Å². The zero-order chi connectivity index (χ0) is 19.1. The average Bonchev–Trinajstić information content (AvgIpc) is 2.66. The van der Waals surface area contributed by atoms with Crippen molar-refractivity contribution in [2.24, 2.45) is 5.92 Å². The predicted molar refractivity (Wildman–Crippen MR) is 99.9 cm³/mol. The zero-order valence-electron chi connectivity index (χ0n) is 15.5. The van der Waals surface area contributed by atoms with Crippen LogP contribution in [0, 0.1) is 5.92 Å². The van der Waals surface area contributed by atoms with Crippen LogP contribution in [0.3, 0.4) is 0 Å². The molecule has 2 atom stereocenters. The van der Waals surface area contributed by atoms with E-state index in [0.29, 0.717) is 11.3 Å². The van der Waals surface area contributed by atoms with E-state index in [0.717, 1.165) is 5.56 Å². The minimum Gasteiger partial charge on any atom is -0.497 e. The quantitative estimate of drug-likeness (QED) is 0.800. The number of nitrogens with zero attached hydrogens (tertiary/aromatic N) is 1. The van der Waals surface area contributed by atoms with Crippen LogP contribution in [0.15, 0.2) is 48.8 Å². The Kier molecular flexibility index (Phi) is 6.72. The summed E-state index contributed by atoms with van der Waals surface area (Å²) in [5, 5.41) is 5.76. The molecule has 2 aromatic rings. The van der Waals surface area contributed by atoms with Crippen LogP contribution >= 0.6 is 0 Å². The van der Waals surface area contributed by atoms with Gasteiger partial charge in [-0.1, -0.05) is 19.9 Å². The molecule has 2 N–H and O–H groups in total. The number of carbonyl (C=O) groups is 2. The zero-order valence-corrected chi connectivity index (χ0v) is 15.5. The number of carbonyl (C=O) groups excluding carboxylic acids is 2. The van der Waals surface area contributed by atoms with Gasteiger partial charge in [0.2, 0.25) is 5.91 Å². The predicted octanol–water partition coefficient (Wildman–Crippen LogP) is 2.72. The molecule has 26 heavy (non-hydrogen) atoms. The third kappa shape index (κ3) is 5.05. The van der Waals surface area contributed by atoms with Crippen molar-refractivity contribution in [3.63, 3.8) is 0 Å². The molecule has 2 rings (SSSR count). The Hall–Kier alpha value is -2.89. The summed E-state index contributed by atoms with van der Waals surface area (Å²) < 4.78 is 5.09. The lowest BCUT2D eigenvalue weighted by Gasteiger charge is -2.24. The van der Waals surface area contributed by atoms with Crippen LogP contribution in [0.5, 0.6) is 5.75 Å². The van der Waals surface area contributed by atoms with E-state index in [1.807, 2.05) is 32.9 Å². The SMILES string of the molecule is COc1ccc(C(=O)NC(C(=O)NC(C)c2cccnc2)C(C)C)cc1. The van der Waals surface area contributed by atoms with E-state index in [9.17, 15) is 9.59 Å². The number of rotatable bonds is 7. The van der Waals surface area contributed by atoms with Gasteiger partial charge in [0, 0.05) is 18.0 Å². The Morgan fingerprint density at radius 3 is 2.27 bits per heavy atom. The second-order valence-electron chi connectivity index (χ2n) is 6.44. The summed E-state index contributed by atoms with van der Waals surface area (Å²) in [6.45, 7) is 5.68. The van der Waals surface area contributed by atoms with Crippen LogP contribution in [0.4, 0.5) is 0 Å². The highest BCUT2D eigenvalue weighted by Gasteiger charge is 2.26. The number of amides is 2. The number of aromatic nitrogens is 1. The monoisotopic (exact) mass is 355 g/mol. The summed E-state index contributed by atoms with van der Waals surface area (Å²) in [4.78, 5) is 29.2. The average molecular weight is 355 g/mol.